The monoisotopic (exact) mass is 436 g/mol. The van der Waals surface area contributed by atoms with Gasteiger partial charge in [-0.15, -0.1) is 0 Å². The van der Waals surface area contributed by atoms with Crippen LogP contribution in [-0.4, -0.2) is 43.2 Å². The van der Waals surface area contributed by atoms with Crippen molar-refractivity contribution in [1.82, 2.24) is 4.90 Å². The van der Waals surface area contributed by atoms with Crippen LogP contribution in [0.5, 0.6) is 17.2 Å². The largest absolute Gasteiger partial charge is 0.490 e. The summed E-state index contributed by atoms with van der Waals surface area (Å²) in [7, 11) is 0. The van der Waals surface area contributed by atoms with Crippen LogP contribution in [0, 0.1) is 0 Å². The van der Waals surface area contributed by atoms with Crippen LogP contribution in [0.15, 0.2) is 42.5 Å². The van der Waals surface area contributed by atoms with E-state index in [1.54, 1.807) is 0 Å². The van der Waals surface area contributed by atoms with Crippen LogP contribution < -0.4 is 19.5 Å². The molecule has 2 heterocycles. The SMILES string of the molecule is O=C(CNc1cccc(OC2CCCC2)c1)N1CCCC1c1ccc2c(c1)OCCCO2. The summed E-state index contributed by atoms with van der Waals surface area (Å²) in [6.45, 7) is 2.40. The van der Waals surface area contributed by atoms with Gasteiger partial charge in [0.25, 0.3) is 0 Å². The molecule has 2 fully saturated rings. The summed E-state index contributed by atoms with van der Waals surface area (Å²) in [4.78, 5) is 15.1. The molecule has 1 saturated carbocycles. The minimum Gasteiger partial charge on any atom is -0.490 e. The molecule has 1 N–H and O–H groups in total. The Morgan fingerprint density at radius 2 is 1.81 bits per heavy atom. The molecule has 2 aromatic rings. The van der Waals surface area contributed by atoms with E-state index in [4.69, 9.17) is 14.2 Å². The van der Waals surface area contributed by atoms with Crippen molar-refractivity contribution in [3.63, 3.8) is 0 Å². The first kappa shape index (κ1) is 21.0. The van der Waals surface area contributed by atoms with Gasteiger partial charge in [-0.1, -0.05) is 12.1 Å². The van der Waals surface area contributed by atoms with Crippen molar-refractivity contribution in [2.45, 2.75) is 57.1 Å². The molecular formula is C26H32N2O4. The summed E-state index contributed by atoms with van der Waals surface area (Å²) >= 11 is 0. The predicted octanol–water partition coefficient (Wildman–Crippen LogP) is 4.94. The van der Waals surface area contributed by atoms with Gasteiger partial charge < -0.3 is 24.4 Å². The lowest BCUT2D eigenvalue weighted by atomic mass is 10.0. The van der Waals surface area contributed by atoms with Gasteiger partial charge in [-0.05, 0) is 68.4 Å². The Balaban J connectivity index is 1.21. The van der Waals surface area contributed by atoms with Crippen molar-refractivity contribution in [3.8, 4) is 17.2 Å². The van der Waals surface area contributed by atoms with E-state index in [0.717, 1.165) is 67.1 Å². The summed E-state index contributed by atoms with van der Waals surface area (Å²) in [5.41, 5.74) is 2.03. The highest BCUT2D eigenvalue weighted by atomic mass is 16.5. The number of hydrogen-bond donors (Lipinski definition) is 1. The standard InChI is InChI=1S/C26H32N2O4/c29-26(18-27-20-6-3-9-22(17-20)32-21-7-1-2-8-21)28-13-4-10-23(28)19-11-12-24-25(16-19)31-15-5-14-30-24/h3,6,9,11-12,16-17,21,23,27H,1-2,4-5,7-8,10,13-15,18H2. The highest BCUT2D eigenvalue weighted by molar-refractivity contribution is 5.81. The Kier molecular flexibility index (Phi) is 6.37. The Hall–Kier alpha value is -2.89. The molecule has 0 spiro atoms. The van der Waals surface area contributed by atoms with Crippen LogP contribution in [0.4, 0.5) is 5.69 Å². The Morgan fingerprint density at radius 1 is 0.969 bits per heavy atom. The Bertz CT molecular complexity index is 941. The minimum atomic E-state index is 0.0819. The molecule has 0 bridgehead atoms. The van der Waals surface area contributed by atoms with Gasteiger partial charge in [0.15, 0.2) is 11.5 Å². The second-order valence-electron chi connectivity index (χ2n) is 8.91. The molecular weight excluding hydrogens is 404 g/mol. The zero-order valence-corrected chi connectivity index (χ0v) is 18.6. The molecule has 6 heteroatoms. The fraction of sp³-hybridized carbons (Fsp3) is 0.500. The molecule has 1 amide bonds. The van der Waals surface area contributed by atoms with E-state index in [1.165, 1.54) is 12.8 Å². The number of benzene rings is 2. The van der Waals surface area contributed by atoms with Crippen LogP contribution in [0.2, 0.25) is 0 Å². The maximum absolute atomic E-state index is 13.1. The second kappa shape index (κ2) is 9.72. The average molecular weight is 437 g/mol. The van der Waals surface area contributed by atoms with Gasteiger partial charge in [0.2, 0.25) is 5.91 Å². The molecule has 170 valence electrons. The van der Waals surface area contributed by atoms with Gasteiger partial charge in [-0.3, -0.25) is 4.79 Å². The lowest BCUT2D eigenvalue weighted by molar-refractivity contribution is -0.130. The van der Waals surface area contributed by atoms with E-state index in [0.29, 0.717) is 19.3 Å². The number of anilines is 1. The number of hydrogen-bond acceptors (Lipinski definition) is 5. The van der Waals surface area contributed by atoms with Crippen LogP contribution in [0.25, 0.3) is 0 Å². The van der Waals surface area contributed by atoms with E-state index in [-0.39, 0.29) is 18.5 Å². The third kappa shape index (κ3) is 4.79. The van der Waals surface area contributed by atoms with E-state index < -0.39 is 0 Å². The van der Waals surface area contributed by atoms with Crippen molar-refractivity contribution in [2.75, 3.05) is 31.6 Å². The zero-order chi connectivity index (χ0) is 21.8. The summed E-state index contributed by atoms with van der Waals surface area (Å²) < 4.78 is 17.7. The number of likely N-dealkylation sites (tertiary alicyclic amines) is 1. The summed E-state index contributed by atoms with van der Waals surface area (Å²) in [6, 6.07) is 14.1. The van der Waals surface area contributed by atoms with Gasteiger partial charge in [-0.25, -0.2) is 0 Å². The van der Waals surface area contributed by atoms with Gasteiger partial charge in [-0.2, -0.15) is 0 Å². The molecule has 6 nitrogen and oxygen atoms in total. The van der Waals surface area contributed by atoms with E-state index in [1.807, 2.05) is 41.3 Å². The lowest BCUT2D eigenvalue weighted by Crippen LogP contribution is -2.35. The van der Waals surface area contributed by atoms with E-state index in [9.17, 15) is 4.79 Å². The first-order valence-electron chi connectivity index (χ1n) is 12.0. The number of amides is 1. The van der Waals surface area contributed by atoms with Gasteiger partial charge in [0.1, 0.15) is 5.75 Å². The fourth-order valence-electron chi connectivity index (χ4n) is 4.96. The number of carbonyl (C=O) groups is 1. The van der Waals surface area contributed by atoms with Crippen LogP contribution >= 0.6 is 0 Å². The van der Waals surface area contributed by atoms with Crippen molar-refractivity contribution in [1.29, 1.82) is 0 Å². The highest BCUT2D eigenvalue weighted by Gasteiger charge is 2.30. The first-order valence-corrected chi connectivity index (χ1v) is 12.0. The van der Waals surface area contributed by atoms with Crippen LogP contribution in [0.3, 0.4) is 0 Å². The highest BCUT2D eigenvalue weighted by Crippen LogP contribution is 2.38. The van der Waals surface area contributed by atoms with Crippen molar-refractivity contribution in [2.24, 2.45) is 0 Å². The molecule has 2 aliphatic heterocycles. The number of nitrogens with zero attached hydrogens (tertiary/aromatic N) is 1. The van der Waals surface area contributed by atoms with Gasteiger partial charge in [0, 0.05) is 24.7 Å². The van der Waals surface area contributed by atoms with Crippen LogP contribution in [0.1, 0.15) is 56.6 Å². The number of nitrogens with one attached hydrogen (secondary N) is 1. The summed E-state index contributed by atoms with van der Waals surface area (Å²) in [6.07, 6.45) is 7.95. The average Bonchev–Trinajstić information content (AvgIpc) is 3.45. The smallest absolute Gasteiger partial charge is 0.242 e. The molecule has 32 heavy (non-hydrogen) atoms. The maximum Gasteiger partial charge on any atom is 0.242 e. The van der Waals surface area contributed by atoms with Crippen molar-refractivity contribution in [3.05, 3.63) is 48.0 Å². The van der Waals surface area contributed by atoms with Gasteiger partial charge >= 0.3 is 0 Å². The number of carbonyl (C=O) groups excluding carboxylic acids is 1. The molecule has 5 rings (SSSR count). The predicted molar refractivity (Wildman–Crippen MR) is 124 cm³/mol. The molecule has 2 aromatic carbocycles. The Morgan fingerprint density at radius 3 is 2.69 bits per heavy atom. The number of fused-ring (bicyclic) bond motifs is 1. The Labute approximate surface area is 189 Å². The maximum atomic E-state index is 13.1. The summed E-state index contributed by atoms with van der Waals surface area (Å²) in [5, 5.41) is 3.30. The number of ether oxygens (including phenoxy) is 3. The molecule has 1 atom stereocenters. The molecule has 1 aliphatic carbocycles. The van der Waals surface area contributed by atoms with Crippen LogP contribution in [-0.2, 0) is 4.79 Å². The minimum absolute atomic E-state index is 0.0819. The third-order valence-electron chi connectivity index (χ3n) is 6.61. The first-order chi connectivity index (χ1) is 15.8. The quantitative estimate of drug-likeness (QED) is 0.695. The normalized spacial score (nSPS) is 20.8. The molecule has 0 aromatic heterocycles. The number of rotatable bonds is 6. The molecule has 1 saturated heterocycles. The topological polar surface area (TPSA) is 60.0 Å². The van der Waals surface area contributed by atoms with E-state index in [2.05, 4.69) is 11.4 Å². The van der Waals surface area contributed by atoms with E-state index >= 15 is 0 Å². The van der Waals surface area contributed by atoms with Crippen molar-refractivity contribution >= 4 is 11.6 Å². The zero-order valence-electron chi connectivity index (χ0n) is 18.6. The molecule has 0 radical (unpaired) electrons. The van der Waals surface area contributed by atoms with Gasteiger partial charge in [0.05, 0.1) is 31.9 Å². The van der Waals surface area contributed by atoms with Crippen molar-refractivity contribution < 1.29 is 19.0 Å². The second-order valence-corrected chi connectivity index (χ2v) is 8.91. The lowest BCUT2D eigenvalue weighted by Gasteiger charge is -2.26. The molecule has 1 unspecified atom stereocenters. The molecule has 3 aliphatic rings. The summed E-state index contributed by atoms with van der Waals surface area (Å²) in [5.74, 6) is 2.57. The fourth-order valence-corrected chi connectivity index (χ4v) is 4.96. The third-order valence-corrected chi connectivity index (χ3v) is 6.61.